The van der Waals surface area contributed by atoms with Crippen LogP contribution < -0.4 is 14.8 Å². The summed E-state index contributed by atoms with van der Waals surface area (Å²) in [5.74, 6) is -0.257. The van der Waals surface area contributed by atoms with Crippen molar-refractivity contribution >= 4 is 11.6 Å². The monoisotopic (exact) mass is 341 g/mol. The van der Waals surface area contributed by atoms with E-state index in [2.05, 4.69) is 5.32 Å². The number of carbonyl (C=O) groups is 1. The van der Waals surface area contributed by atoms with Gasteiger partial charge in [0.05, 0.1) is 36.8 Å². The first-order valence-corrected chi connectivity index (χ1v) is 7.17. The van der Waals surface area contributed by atoms with Crippen LogP contribution in [0.25, 0.3) is 0 Å². The topological polar surface area (TPSA) is 114 Å². The normalized spacial score (nSPS) is 9.80. The Morgan fingerprint density at radius 3 is 2.52 bits per heavy atom. The maximum atomic E-state index is 12.4. The van der Waals surface area contributed by atoms with E-state index in [9.17, 15) is 14.9 Å². The van der Waals surface area contributed by atoms with E-state index in [4.69, 9.17) is 14.7 Å². The van der Waals surface area contributed by atoms with Crippen LogP contribution in [0.4, 0.5) is 5.69 Å². The Kier molecular flexibility index (Phi) is 5.53. The molecule has 2 aromatic carbocycles. The fourth-order valence-corrected chi connectivity index (χ4v) is 2.23. The number of benzene rings is 2. The number of nitrogens with one attached hydrogen (secondary N) is 1. The van der Waals surface area contributed by atoms with Crippen molar-refractivity contribution in [2.24, 2.45) is 0 Å². The number of carbonyl (C=O) groups excluding carboxylic acids is 1. The van der Waals surface area contributed by atoms with Gasteiger partial charge in [-0.1, -0.05) is 12.1 Å². The fraction of sp³-hybridized carbons (Fsp3) is 0.176. The Labute approximate surface area is 143 Å². The number of ether oxygens (including phenoxy) is 2. The summed E-state index contributed by atoms with van der Waals surface area (Å²) in [6.45, 7) is 0.125. The molecule has 8 heteroatoms. The SMILES string of the molecule is COc1cc(C(=O)NCc2cccc(C#N)c2)c([N+](=O)[O-])cc1OC. The van der Waals surface area contributed by atoms with E-state index in [0.29, 0.717) is 11.1 Å². The fourth-order valence-electron chi connectivity index (χ4n) is 2.23. The highest BCUT2D eigenvalue weighted by molar-refractivity contribution is 5.99. The third-order valence-corrected chi connectivity index (χ3v) is 3.45. The number of amides is 1. The maximum Gasteiger partial charge on any atom is 0.286 e. The van der Waals surface area contributed by atoms with Crippen molar-refractivity contribution in [2.75, 3.05) is 14.2 Å². The number of nitriles is 1. The molecular formula is C17H15N3O5. The molecule has 2 rings (SSSR count). The van der Waals surface area contributed by atoms with Gasteiger partial charge in [0.2, 0.25) is 0 Å². The lowest BCUT2D eigenvalue weighted by Gasteiger charge is -2.11. The molecule has 1 N–H and O–H groups in total. The van der Waals surface area contributed by atoms with Crippen LogP contribution >= 0.6 is 0 Å². The van der Waals surface area contributed by atoms with Gasteiger partial charge in [-0.2, -0.15) is 5.26 Å². The molecule has 0 aliphatic carbocycles. The first-order valence-electron chi connectivity index (χ1n) is 7.17. The number of hydrogen-bond acceptors (Lipinski definition) is 6. The molecule has 0 saturated carbocycles. The quantitative estimate of drug-likeness (QED) is 0.637. The molecule has 0 atom stereocenters. The molecule has 0 aromatic heterocycles. The number of nitro benzene ring substituents is 1. The van der Waals surface area contributed by atoms with Gasteiger partial charge in [0.25, 0.3) is 11.6 Å². The molecule has 1 amide bonds. The van der Waals surface area contributed by atoms with E-state index in [-0.39, 0.29) is 29.3 Å². The summed E-state index contributed by atoms with van der Waals surface area (Å²) in [7, 11) is 2.72. The Hall–Kier alpha value is -3.60. The minimum atomic E-state index is -0.660. The van der Waals surface area contributed by atoms with Crippen LogP contribution in [0.1, 0.15) is 21.5 Å². The molecule has 0 aliphatic heterocycles. The van der Waals surface area contributed by atoms with Crippen molar-refractivity contribution in [3.63, 3.8) is 0 Å². The zero-order valence-electron chi connectivity index (χ0n) is 13.6. The van der Waals surface area contributed by atoms with E-state index in [1.54, 1.807) is 24.3 Å². The van der Waals surface area contributed by atoms with Gasteiger partial charge in [0, 0.05) is 12.6 Å². The standard InChI is InChI=1S/C17H15N3O5/c1-24-15-7-13(14(20(22)23)8-16(15)25-2)17(21)19-10-12-5-3-4-11(6-12)9-18/h3-8H,10H2,1-2H3,(H,19,21). The van der Waals surface area contributed by atoms with Gasteiger partial charge < -0.3 is 14.8 Å². The van der Waals surface area contributed by atoms with Crippen molar-refractivity contribution in [1.82, 2.24) is 5.32 Å². The molecule has 0 spiro atoms. The van der Waals surface area contributed by atoms with Crippen LogP contribution in [0.3, 0.4) is 0 Å². The van der Waals surface area contributed by atoms with Crippen LogP contribution in [-0.2, 0) is 6.54 Å². The molecule has 0 fully saturated rings. The third kappa shape index (κ3) is 4.03. The average Bonchev–Trinajstić information content (AvgIpc) is 2.64. The van der Waals surface area contributed by atoms with E-state index in [1.807, 2.05) is 6.07 Å². The summed E-state index contributed by atoms with van der Waals surface area (Å²) in [5, 5.41) is 22.7. The molecule has 2 aromatic rings. The predicted molar refractivity (Wildman–Crippen MR) is 88.5 cm³/mol. The highest BCUT2D eigenvalue weighted by Crippen LogP contribution is 2.34. The molecule has 0 radical (unpaired) electrons. The molecule has 0 unspecified atom stereocenters. The number of rotatable bonds is 6. The summed E-state index contributed by atoms with van der Waals surface area (Å²) >= 11 is 0. The second kappa shape index (κ2) is 7.79. The Balaban J connectivity index is 2.28. The van der Waals surface area contributed by atoms with Crippen molar-refractivity contribution in [3.8, 4) is 17.6 Å². The van der Waals surface area contributed by atoms with Gasteiger partial charge in [-0.05, 0) is 17.7 Å². The van der Waals surface area contributed by atoms with Crippen molar-refractivity contribution in [3.05, 3.63) is 63.2 Å². The average molecular weight is 341 g/mol. The Bertz CT molecular complexity index is 858. The number of hydrogen-bond donors (Lipinski definition) is 1. The zero-order valence-corrected chi connectivity index (χ0v) is 13.6. The van der Waals surface area contributed by atoms with Crippen LogP contribution in [0, 0.1) is 21.4 Å². The third-order valence-electron chi connectivity index (χ3n) is 3.45. The van der Waals surface area contributed by atoms with Crippen LogP contribution in [0.2, 0.25) is 0 Å². The highest BCUT2D eigenvalue weighted by Gasteiger charge is 2.24. The smallest absolute Gasteiger partial charge is 0.286 e. The van der Waals surface area contributed by atoms with E-state index >= 15 is 0 Å². The van der Waals surface area contributed by atoms with E-state index < -0.39 is 10.8 Å². The minimum absolute atomic E-state index is 0.125. The van der Waals surface area contributed by atoms with Crippen LogP contribution in [-0.4, -0.2) is 25.1 Å². The lowest BCUT2D eigenvalue weighted by molar-refractivity contribution is -0.385. The van der Waals surface area contributed by atoms with Crippen LogP contribution in [0.5, 0.6) is 11.5 Å². The molecule has 8 nitrogen and oxygen atoms in total. The number of nitro groups is 1. The molecular weight excluding hydrogens is 326 g/mol. The van der Waals surface area contributed by atoms with Gasteiger partial charge in [0.15, 0.2) is 11.5 Å². The lowest BCUT2D eigenvalue weighted by Crippen LogP contribution is -2.24. The Morgan fingerprint density at radius 2 is 1.92 bits per heavy atom. The zero-order chi connectivity index (χ0) is 18.4. The van der Waals surface area contributed by atoms with Gasteiger partial charge in [-0.3, -0.25) is 14.9 Å². The Morgan fingerprint density at radius 1 is 1.24 bits per heavy atom. The van der Waals surface area contributed by atoms with Crippen molar-refractivity contribution in [1.29, 1.82) is 5.26 Å². The molecule has 128 valence electrons. The molecule has 0 aliphatic rings. The molecule has 0 saturated heterocycles. The van der Waals surface area contributed by atoms with Crippen molar-refractivity contribution in [2.45, 2.75) is 6.54 Å². The summed E-state index contributed by atoms with van der Waals surface area (Å²) in [6.07, 6.45) is 0. The first-order chi connectivity index (χ1) is 12.0. The van der Waals surface area contributed by atoms with E-state index in [0.717, 1.165) is 6.07 Å². The molecule has 0 heterocycles. The highest BCUT2D eigenvalue weighted by atomic mass is 16.6. The summed E-state index contributed by atoms with van der Waals surface area (Å²) in [4.78, 5) is 23.0. The summed E-state index contributed by atoms with van der Waals surface area (Å²) in [5.41, 5.74) is 0.638. The van der Waals surface area contributed by atoms with Gasteiger partial charge in [-0.25, -0.2) is 0 Å². The number of nitrogens with zero attached hydrogens (tertiary/aromatic N) is 2. The number of methoxy groups -OCH3 is 2. The lowest BCUT2D eigenvalue weighted by atomic mass is 10.1. The second-order valence-corrected chi connectivity index (χ2v) is 4.98. The first kappa shape index (κ1) is 17.7. The maximum absolute atomic E-state index is 12.4. The van der Waals surface area contributed by atoms with Gasteiger partial charge in [0.1, 0.15) is 5.56 Å². The second-order valence-electron chi connectivity index (χ2n) is 4.98. The van der Waals surface area contributed by atoms with Gasteiger partial charge >= 0.3 is 0 Å². The summed E-state index contributed by atoms with van der Waals surface area (Å²) in [6, 6.07) is 11.1. The molecule has 0 bridgehead atoms. The van der Waals surface area contributed by atoms with Gasteiger partial charge in [-0.15, -0.1) is 0 Å². The largest absolute Gasteiger partial charge is 0.493 e. The van der Waals surface area contributed by atoms with Crippen LogP contribution in [0.15, 0.2) is 36.4 Å². The summed E-state index contributed by atoms with van der Waals surface area (Å²) < 4.78 is 10.1. The predicted octanol–water partition coefficient (Wildman–Crippen LogP) is 2.41. The van der Waals surface area contributed by atoms with E-state index in [1.165, 1.54) is 20.3 Å². The van der Waals surface area contributed by atoms with Crippen molar-refractivity contribution < 1.29 is 19.2 Å². The molecule has 25 heavy (non-hydrogen) atoms. The minimum Gasteiger partial charge on any atom is -0.493 e.